The summed E-state index contributed by atoms with van der Waals surface area (Å²) in [6.07, 6.45) is 1.08. The van der Waals surface area contributed by atoms with Crippen molar-refractivity contribution >= 4 is 6.03 Å². The van der Waals surface area contributed by atoms with Gasteiger partial charge in [0.15, 0.2) is 0 Å². The molecule has 2 N–H and O–H groups in total. The third-order valence-electron chi connectivity index (χ3n) is 4.23. The van der Waals surface area contributed by atoms with E-state index in [4.69, 9.17) is 4.74 Å². The molecule has 4 heteroatoms. The normalized spacial score (nSPS) is 23.0. The van der Waals surface area contributed by atoms with Gasteiger partial charge in [-0.25, -0.2) is 4.79 Å². The van der Waals surface area contributed by atoms with Crippen molar-refractivity contribution in [2.45, 2.75) is 39.3 Å². The average molecular weight is 290 g/mol. The van der Waals surface area contributed by atoms with E-state index in [1.54, 1.807) is 0 Å². The summed E-state index contributed by atoms with van der Waals surface area (Å²) in [5, 5.41) is 5.95. The lowest BCUT2D eigenvalue weighted by Crippen LogP contribution is -2.44. The Balaban J connectivity index is 1.84. The third-order valence-corrected chi connectivity index (χ3v) is 4.23. The van der Waals surface area contributed by atoms with E-state index in [-0.39, 0.29) is 18.2 Å². The van der Waals surface area contributed by atoms with E-state index in [1.807, 2.05) is 25.1 Å². The Kier molecular flexibility index (Phi) is 5.62. The van der Waals surface area contributed by atoms with Crippen molar-refractivity contribution in [3.63, 3.8) is 0 Å². The van der Waals surface area contributed by atoms with E-state index in [2.05, 4.69) is 36.6 Å². The summed E-state index contributed by atoms with van der Waals surface area (Å²) in [6.45, 7) is 7.63. The van der Waals surface area contributed by atoms with Crippen molar-refractivity contribution in [3.8, 4) is 0 Å². The summed E-state index contributed by atoms with van der Waals surface area (Å²) < 4.78 is 5.83. The molecule has 0 spiro atoms. The number of nitrogens with one attached hydrogen (secondary N) is 2. The zero-order valence-electron chi connectivity index (χ0n) is 13.1. The fourth-order valence-corrected chi connectivity index (χ4v) is 2.50. The lowest BCUT2D eigenvalue weighted by molar-refractivity contribution is 0.0909. The largest absolute Gasteiger partial charge is 0.373 e. The number of carbonyl (C=O) groups is 1. The van der Waals surface area contributed by atoms with E-state index in [0.717, 1.165) is 13.0 Å². The Morgan fingerprint density at radius 2 is 2.00 bits per heavy atom. The van der Waals surface area contributed by atoms with Crippen LogP contribution in [0.25, 0.3) is 0 Å². The van der Waals surface area contributed by atoms with Gasteiger partial charge in [0.2, 0.25) is 0 Å². The molecular formula is C17H26N2O2. The number of hydrogen-bond donors (Lipinski definition) is 2. The highest BCUT2D eigenvalue weighted by Crippen LogP contribution is 2.33. The predicted octanol–water partition coefficient (Wildman–Crippen LogP) is 3.11. The molecule has 0 unspecified atom stereocenters. The quantitative estimate of drug-likeness (QED) is 0.875. The number of urea groups is 1. The van der Waals surface area contributed by atoms with Crippen LogP contribution in [0.3, 0.4) is 0 Å². The van der Waals surface area contributed by atoms with Crippen LogP contribution in [0.1, 0.15) is 38.9 Å². The van der Waals surface area contributed by atoms with Crippen LogP contribution in [-0.2, 0) is 4.74 Å². The van der Waals surface area contributed by atoms with Crippen molar-refractivity contribution in [2.24, 2.45) is 11.8 Å². The monoisotopic (exact) mass is 290 g/mol. The topological polar surface area (TPSA) is 50.4 Å². The Morgan fingerprint density at radius 1 is 1.29 bits per heavy atom. The van der Waals surface area contributed by atoms with Crippen molar-refractivity contribution in [2.75, 3.05) is 13.2 Å². The summed E-state index contributed by atoms with van der Waals surface area (Å²) in [5.74, 6) is 0.773. The van der Waals surface area contributed by atoms with Gasteiger partial charge < -0.3 is 15.4 Å². The van der Waals surface area contributed by atoms with Crippen molar-refractivity contribution in [3.05, 3.63) is 35.9 Å². The van der Waals surface area contributed by atoms with Gasteiger partial charge in [-0.2, -0.15) is 0 Å². The second-order valence-electron chi connectivity index (χ2n) is 6.14. The SMILES string of the molecule is CC(C)[C@H](C)NC(=O)NC[C@H]1CCO[C@@H]1c1ccccc1. The van der Waals surface area contributed by atoms with Crippen LogP contribution >= 0.6 is 0 Å². The standard InChI is InChI=1S/C17H26N2O2/c1-12(2)13(3)19-17(20)18-11-15-9-10-21-16(15)14-7-5-4-6-8-14/h4-8,12-13,15-16H,9-11H2,1-3H3,(H2,18,19,20)/t13-,15+,16+/m0/s1. The first-order valence-electron chi connectivity index (χ1n) is 7.79. The molecule has 0 bridgehead atoms. The molecule has 4 nitrogen and oxygen atoms in total. The van der Waals surface area contributed by atoms with Gasteiger partial charge in [-0.1, -0.05) is 44.2 Å². The van der Waals surface area contributed by atoms with Crippen LogP contribution in [0, 0.1) is 11.8 Å². The molecular weight excluding hydrogens is 264 g/mol. The van der Waals surface area contributed by atoms with Crippen LogP contribution in [0.15, 0.2) is 30.3 Å². The van der Waals surface area contributed by atoms with Gasteiger partial charge in [0.25, 0.3) is 0 Å². The van der Waals surface area contributed by atoms with Crippen molar-refractivity contribution in [1.82, 2.24) is 10.6 Å². The minimum atomic E-state index is -0.0880. The summed E-state index contributed by atoms with van der Waals surface area (Å²) in [6, 6.07) is 10.3. The molecule has 1 aliphatic heterocycles. The average Bonchev–Trinajstić information content (AvgIpc) is 2.94. The molecule has 0 aliphatic carbocycles. The fraction of sp³-hybridized carbons (Fsp3) is 0.588. The second kappa shape index (κ2) is 7.46. The first kappa shape index (κ1) is 15.8. The van der Waals surface area contributed by atoms with Crippen LogP contribution in [0.4, 0.5) is 4.79 Å². The highest BCUT2D eigenvalue weighted by molar-refractivity contribution is 5.74. The maximum Gasteiger partial charge on any atom is 0.315 e. The van der Waals surface area contributed by atoms with Gasteiger partial charge in [-0.15, -0.1) is 0 Å². The molecule has 3 atom stereocenters. The number of carbonyl (C=O) groups excluding carboxylic acids is 1. The summed E-state index contributed by atoms with van der Waals surface area (Å²) in [5.41, 5.74) is 1.19. The second-order valence-corrected chi connectivity index (χ2v) is 6.14. The number of rotatable bonds is 5. The van der Waals surface area contributed by atoms with E-state index < -0.39 is 0 Å². The third kappa shape index (κ3) is 4.46. The van der Waals surface area contributed by atoms with Gasteiger partial charge in [-0.3, -0.25) is 0 Å². The van der Waals surface area contributed by atoms with Crippen LogP contribution in [-0.4, -0.2) is 25.2 Å². The molecule has 0 saturated carbocycles. The smallest absolute Gasteiger partial charge is 0.315 e. The van der Waals surface area contributed by atoms with E-state index in [0.29, 0.717) is 18.4 Å². The zero-order chi connectivity index (χ0) is 15.2. The van der Waals surface area contributed by atoms with Gasteiger partial charge >= 0.3 is 6.03 Å². The molecule has 1 aliphatic rings. The minimum absolute atomic E-state index is 0.0880. The Morgan fingerprint density at radius 3 is 2.67 bits per heavy atom. The molecule has 0 radical (unpaired) electrons. The molecule has 21 heavy (non-hydrogen) atoms. The molecule has 2 amide bonds. The molecule has 0 aromatic heterocycles. The lowest BCUT2D eigenvalue weighted by Gasteiger charge is -2.21. The van der Waals surface area contributed by atoms with E-state index in [9.17, 15) is 4.79 Å². The number of ether oxygens (including phenoxy) is 1. The van der Waals surface area contributed by atoms with E-state index >= 15 is 0 Å². The molecule has 2 rings (SSSR count). The Bertz CT molecular complexity index is 447. The van der Waals surface area contributed by atoms with Crippen LogP contribution in [0.2, 0.25) is 0 Å². The fourth-order valence-electron chi connectivity index (χ4n) is 2.50. The first-order valence-corrected chi connectivity index (χ1v) is 7.79. The molecule has 1 fully saturated rings. The molecule has 1 aromatic rings. The highest BCUT2D eigenvalue weighted by Gasteiger charge is 2.29. The lowest BCUT2D eigenvalue weighted by atomic mass is 9.95. The summed E-state index contributed by atoms with van der Waals surface area (Å²) in [7, 11) is 0. The maximum atomic E-state index is 11.9. The van der Waals surface area contributed by atoms with Gasteiger partial charge in [0.1, 0.15) is 0 Å². The minimum Gasteiger partial charge on any atom is -0.373 e. The highest BCUT2D eigenvalue weighted by atomic mass is 16.5. The van der Waals surface area contributed by atoms with Crippen molar-refractivity contribution < 1.29 is 9.53 Å². The van der Waals surface area contributed by atoms with Crippen molar-refractivity contribution in [1.29, 1.82) is 0 Å². The molecule has 1 saturated heterocycles. The summed E-state index contributed by atoms with van der Waals surface area (Å²) >= 11 is 0. The van der Waals surface area contributed by atoms with Gasteiger partial charge in [-0.05, 0) is 24.8 Å². The first-order chi connectivity index (χ1) is 10.1. The molecule has 116 valence electrons. The van der Waals surface area contributed by atoms with Crippen LogP contribution in [0.5, 0.6) is 0 Å². The maximum absolute atomic E-state index is 11.9. The number of benzene rings is 1. The molecule has 1 heterocycles. The van der Waals surface area contributed by atoms with Crippen LogP contribution < -0.4 is 10.6 Å². The number of amides is 2. The predicted molar refractivity (Wildman–Crippen MR) is 84.1 cm³/mol. The Labute approximate surface area is 127 Å². The zero-order valence-corrected chi connectivity index (χ0v) is 13.1. The number of hydrogen-bond acceptors (Lipinski definition) is 2. The Hall–Kier alpha value is -1.55. The van der Waals surface area contributed by atoms with E-state index in [1.165, 1.54) is 5.56 Å². The van der Waals surface area contributed by atoms with Gasteiger partial charge in [0, 0.05) is 25.1 Å². The summed E-state index contributed by atoms with van der Waals surface area (Å²) in [4.78, 5) is 11.9. The van der Waals surface area contributed by atoms with Gasteiger partial charge in [0.05, 0.1) is 6.10 Å². The molecule has 1 aromatic carbocycles.